The number of nitrogens with one attached hydrogen (secondary N) is 1. The van der Waals surface area contributed by atoms with Gasteiger partial charge in [0.1, 0.15) is 0 Å². The van der Waals surface area contributed by atoms with Gasteiger partial charge in [-0.05, 0) is 37.4 Å². The van der Waals surface area contributed by atoms with Gasteiger partial charge in [0, 0.05) is 24.8 Å². The molecular weight excluding hydrogens is 265 g/mol. The zero-order valence-electron chi connectivity index (χ0n) is 11.5. The van der Waals surface area contributed by atoms with Gasteiger partial charge in [-0.15, -0.1) is 0 Å². The molecule has 1 aromatic carbocycles. The number of likely N-dealkylation sites (tertiary alicyclic amines) is 1. The summed E-state index contributed by atoms with van der Waals surface area (Å²) in [6.07, 6.45) is -2.86. The van der Waals surface area contributed by atoms with E-state index < -0.39 is 18.1 Å². The maximum Gasteiger partial charge on any atom is 0.393 e. The summed E-state index contributed by atoms with van der Waals surface area (Å²) in [4.78, 5) is 1.95. The highest BCUT2D eigenvalue weighted by Gasteiger charge is 2.48. The second-order valence-electron chi connectivity index (χ2n) is 5.78. The van der Waals surface area contributed by atoms with Gasteiger partial charge in [0.15, 0.2) is 0 Å². The number of para-hydroxylation sites is 1. The SMILES string of the molecule is CC1C(C(F)(F)F)CCN1Cc1cccc2c1NCC2. The van der Waals surface area contributed by atoms with Crippen LogP contribution in [0.25, 0.3) is 0 Å². The summed E-state index contributed by atoms with van der Waals surface area (Å²) in [6, 6.07) is 5.67. The van der Waals surface area contributed by atoms with E-state index in [9.17, 15) is 13.2 Å². The molecular formula is C15H19F3N2. The average molecular weight is 284 g/mol. The number of hydrogen-bond acceptors (Lipinski definition) is 2. The first-order valence-corrected chi connectivity index (χ1v) is 7.12. The number of hydrogen-bond donors (Lipinski definition) is 1. The Morgan fingerprint density at radius 3 is 2.85 bits per heavy atom. The Bertz CT molecular complexity index is 498. The molecule has 2 aliphatic rings. The second kappa shape index (κ2) is 4.95. The molecule has 2 atom stereocenters. The van der Waals surface area contributed by atoms with E-state index in [1.54, 1.807) is 6.92 Å². The average Bonchev–Trinajstić information content (AvgIpc) is 2.96. The number of benzene rings is 1. The van der Waals surface area contributed by atoms with Crippen molar-refractivity contribution in [2.75, 3.05) is 18.4 Å². The molecule has 3 rings (SSSR count). The van der Waals surface area contributed by atoms with E-state index in [1.165, 1.54) is 5.56 Å². The zero-order valence-corrected chi connectivity index (χ0v) is 11.5. The Morgan fingerprint density at radius 1 is 1.35 bits per heavy atom. The van der Waals surface area contributed by atoms with Crippen LogP contribution in [0.2, 0.25) is 0 Å². The van der Waals surface area contributed by atoms with Crippen LogP contribution in [0.5, 0.6) is 0 Å². The minimum atomic E-state index is -4.08. The number of alkyl halides is 3. The van der Waals surface area contributed by atoms with Crippen LogP contribution in [0.3, 0.4) is 0 Å². The minimum absolute atomic E-state index is 0.215. The van der Waals surface area contributed by atoms with Crippen molar-refractivity contribution in [3.05, 3.63) is 29.3 Å². The van der Waals surface area contributed by atoms with Gasteiger partial charge in [-0.25, -0.2) is 0 Å². The summed E-state index contributed by atoms with van der Waals surface area (Å²) in [6.45, 7) is 3.74. The number of anilines is 1. The molecule has 2 aliphatic heterocycles. The van der Waals surface area contributed by atoms with Gasteiger partial charge in [0.25, 0.3) is 0 Å². The van der Waals surface area contributed by atoms with Gasteiger partial charge in [-0.2, -0.15) is 13.2 Å². The van der Waals surface area contributed by atoms with Crippen LogP contribution in [0.4, 0.5) is 18.9 Å². The third-order valence-electron chi connectivity index (χ3n) is 4.61. The van der Waals surface area contributed by atoms with E-state index in [4.69, 9.17) is 0 Å². The number of fused-ring (bicyclic) bond motifs is 1. The monoisotopic (exact) mass is 284 g/mol. The molecule has 0 spiro atoms. The summed E-state index contributed by atoms with van der Waals surface area (Å²) >= 11 is 0. The van der Waals surface area contributed by atoms with Crippen molar-refractivity contribution < 1.29 is 13.2 Å². The molecule has 0 saturated carbocycles. The van der Waals surface area contributed by atoms with E-state index in [2.05, 4.69) is 11.4 Å². The Balaban J connectivity index is 1.75. The predicted octanol–water partition coefficient (Wildman–Crippen LogP) is 3.43. The lowest BCUT2D eigenvalue weighted by Crippen LogP contribution is -2.36. The molecule has 0 amide bonds. The van der Waals surface area contributed by atoms with Crippen molar-refractivity contribution in [1.82, 2.24) is 4.90 Å². The maximum absolute atomic E-state index is 12.9. The largest absolute Gasteiger partial charge is 0.393 e. The molecule has 0 bridgehead atoms. The van der Waals surface area contributed by atoms with Crippen LogP contribution < -0.4 is 5.32 Å². The molecule has 1 aromatic rings. The first-order chi connectivity index (χ1) is 9.47. The van der Waals surface area contributed by atoms with Crippen LogP contribution in [-0.4, -0.2) is 30.2 Å². The minimum Gasteiger partial charge on any atom is -0.384 e. The van der Waals surface area contributed by atoms with Crippen molar-refractivity contribution in [3.8, 4) is 0 Å². The first-order valence-electron chi connectivity index (χ1n) is 7.12. The van der Waals surface area contributed by atoms with Gasteiger partial charge >= 0.3 is 6.18 Å². The first kappa shape index (κ1) is 13.7. The Morgan fingerprint density at radius 2 is 2.15 bits per heavy atom. The van der Waals surface area contributed by atoms with Crippen molar-refractivity contribution in [2.45, 2.75) is 38.5 Å². The van der Waals surface area contributed by atoms with Crippen LogP contribution in [0.1, 0.15) is 24.5 Å². The molecule has 1 fully saturated rings. The lowest BCUT2D eigenvalue weighted by atomic mass is 10.0. The van der Waals surface area contributed by atoms with Gasteiger partial charge < -0.3 is 5.32 Å². The molecule has 20 heavy (non-hydrogen) atoms. The van der Waals surface area contributed by atoms with Crippen LogP contribution in [0.15, 0.2) is 18.2 Å². The molecule has 2 unspecified atom stereocenters. The standard InChI is InChI=1S/C15H19F3N2/c1-10-13(15(16,17)18)6-8-20(10)9-12-4-2-3-11-5-7-19-14(11)12/h2-4,10,13,19H,5-9H2,1H3. The lowest BCUT2D eigenvalue weighted by molar-refractivity contribution is -0.178. The van der Waals surface area contributed by atoms with Crippen molar-refractivity contribution in [2.24, 2.45) is 5.92 Å². The fourth-order valence-electron chi connectivity index (χ4n) is 3.43. The fraction of sp³-hybridized carbons (Fsp3) is 0.600. The third kappa shape index (κ3) is 2.39. The van der Waals surface area contributed by atoms with E-state index in [0.29, 0.717) is 13.1 Å². The van der Waals surface area contributed by atoms with Crippen LogP contribution in [-0.2, 0) is 13.0 Å². The van der Waals surface area contributed by atoms with Crippen molar-refractivity contribution in [1.29, 1.82) is 0 Å². The molecule has 1 saturated heterocycles. The number of halogens is 3. The van der Waals surface area contributed by atoms with E-state index in [0.717, 1.165) is 24.2 Å². The highest BCUT2D eigenvalue weighted by atomic mass is 19.4. The Labute approximate surface area is 117 Å². The fourth-order valence-corrected chi connectivity index (χ4v) is 3.43. The molecule has 2 nitrogen and oxygen atoms in total. The highest BCUT2D eigenvalue weighted by molar-refractivity contribution is 5.61. The molecule has 0 radical (unpaired) electrons. The Kier molecular flexibility index (Phi) is 3.40. The van der Waals surface area contributed by atoms with Gasteiger partial charge in [-0.3, -0.25) is 4.90 Å². The van der Waals surface area contributed by atoms with Crippen LogP contribution >= 0.6 is 0 Å². The Hall–Kier alpha value is -1.23. The second-order valence-corrected chi connectivity index (χ2v) is 5.78. The molecule has 0 aromatic heterocycles. The molecule has 110 valence electrons. The van der Waals surface area contributed by atoms with Crippen molar-refractivity contribution in [3.63, 3.8) is 0 Å². The third-order valence-corrected chi connectivity index (χ3v) is 4.61. The molecule has 1 N–H and O–H groups in total. The number of rotatable bonds is 2. The summed E-state index contributed by atoms with van der Waals surface area (Å²) in [5.41, 5.74) is 3.53. The smallest absolute Gasteiger partial charge is 0.384 e. The molecule has 0 aliphatic carbocycles. The summed E-state index contributed by atoms with van der Waals surface area (Å²) in [7, 11) is 0. The van der Waals surface area contributed by atoms with Crippen molar-refractivity contribution >= 4 is 5.69 Å². The summed E-state index contributed by atoms with van der Waals surface area (Å²) in [5, 5.41) is 3.35. The highest BCUT2D eigenvalue weighted by Crippen LogP contribution is 2.39. The number of nitrogens with zero attached hydrogens (tertiary/aromatic N) is 1. The zero-order chi connectivity index (χ0) is 14.3. The van der Waals surface area contributed by atoms with Gasteiger partial charge in [-0.1, -0.05) is 18.2 Å². The summed E-state index contributed by atoms with van der Waals surface area (Å²) in [5.74, 6) is -1.19. The van der Waals surface area contributed by atoms with E-state index in [1.807, 2.05) is 17.0 Å². The molecule has 5 heteroatoms. The maximum atomic E-state index is 12.9. The summed E-state index contributed by atoms with van der Waals surface area (Å²) < 4.78 is 38.7. The van der Waals surface area contributed by atoms with E-state index in [-0.39, 0.29) is 6.42 Å². The van der Waals surface area contributed by atoms with Crippen LogP contribution in [0, 0.1) is 5.92 Å². The van der Waals surface area contributed by atoms with E-state index >= 15 is 0 Å². The lowest BCUT2D eigenvalue weighted by Gasteiger charge is -2.26. The molecule has 2 heterocycles. The normalized spacial score (nSPS) is 26.6. The predicted molar refractivity (Wildman–Crippen MR) is 72.7 cm³/mol. The van der Waals surface area contributed by atoms with Gasteiger partial charge in [0.2, 0.25) is 0 Å². The quantitative estimate of drug-likeness (QED) is 0.895. The topological polar surface area (TPSA) is 15.3 Å². The van der Waals surface area contributed by atoms with Gasteiger partial charge in [0.05, 0.1) is 5.92 Å².